The molecule has 4 nitrogen and oxygen atoms in total. The zero-order chi connectivity index (χ0) is 18.0. The van der Waals surface area contributed by atoms with Gasteiger partial charge in [-0.25, -0.2) is 0 Å². The van der Waals surface area contributed by atoms with E-state index in [9.17, 15) is 4.79 Å². The molecule has 0 aliphatic rings. The van der Waals surface area contributed by atoms with Crippen molar-refractivity contribution in [3.8, 4) is 17.2 Å². The first-order valence-corrected chi connectivity index (χ1v) is 8.71. The molecule has 0 unspecified atom stereocenters. The molecule has 25 heavy (non-hydrogen) atoms. The largest absolute Gasteiger partial charge is 0.469 e. The third kappa shape index (κ3) is 3.40. The van der Waals surface area contributed by atoms with Crippen molar-refractivity contribution in [3.63, 3.8) is 0 Å². The van der Waals surface area contributed by atoms with E-state index in [2.05, 4.69) is 17.1 Å². The standard InChI is InChI=1S/C20H18N2O2S/c1-20(2,19(23)24-3)9-15-8-16-17(11-22-12-18(16)25-15)14-6-4-13(10-21)5-7-14/h4-8,11-12H,9H2,1-3H3. The normalized spacial score (nSPS) is 11.3. The summed E-state index contributed by atoms with van der Waals surface area (Å²) >= 11 is 1.65. The fourth-order valence-electron chi connectivity index (χ4n) is 2.84. The number of rotatable bonds is 4. The number of benzene rings is 1. The number of hydrogen-bond donors (Lipinski definition) is 0. The van der Waals surface area contributed by atoms with Crippen LogP contribution in [0.1, 0.15) is 24.3 Å². The van der Waals surface area contributed by atoms with Crippen LogP contribution in [0.5, 0.6) is 0 Å². The van der Waals surface area contributed by atoms with Gasteiger partial charge in [-0.2, -0.15) is 5.26 Å². The summed E-state index contributed by atoms with van der Waals surface area (Å²) in [6.07, 6.45) is 4.30. The van der Waals surface area contributed by atoms with Gasteiger partial charge in [0.25, 0.3) is 0 Å². The quantitative estimate of drug-likeness (QED) is 0.646. The van der Waals surface area contributed by atoms with Crippen LogP contribution in [0, 0.1) is 16.7 Å². The van der Waals surface area contributed by atoms with Crippen molar-refractivity contribution in [2.45, 2.75) is 20.3 Å². The number of ether oxygens (including phenoxy) is 1. The molecule has 3 rings (SSSR count). The van der Waals surface area contributed by atoms with E-state index in [4.69, 9.17) is 10.00 Å². The van der Waals surface area contributed by atoms with Crippen LogP contribution in [-0.2, 0) is 16.0 Å². The highest BCUT2D eigenvalue weighted by Gasteiger charge is 2.29. The molecule has 2 heterocycles. The second-order valence-electron chi connectivity index (χ2n) is 6.55. The minimum atomic E-state index is -0.572. The fraction of sp³-hybridized carbons (Fsp3) is 0.250. The highest BCUT2D eigenvalue weighted by atomic mass is 32.1. The molecular formula is C20H18N2O2S. The predicted octanol–water partition coefficient (Wildman–Crippen LogP) is 4.58. The smallest absolute Gasteiger partial charge is 0.311 e. The average molecular weight is 350 g/mol. The summed E-state index contributed by atoms with van der Waals surface area (Å²) in [7, 11) is 1.42. The molecular weight excluding hydrogens is 332 g/mol. The molecule has 0 saturated heterocycles. The van der Waals surface area contributed by atoms with Gasteiger partial charge < -0.3 is 4.74 Å². The van der Waals surface area contributed by atoms with Crippen LogP contribution in [-0.4, -0.2) is 18.1 Å². The highest BCUT2D eigenvalue weighted by molar-refractivity contribution is 7.19. The molecule has 0 atom stereocenters. The Hall–Kier alpha value is -2.71. The molecule has 0 aliphatic carbocycles. The molecule has 0 spiro atoms. The van der Waals surface area contributed by atoms with Gasteiger partial charge >= 0.3 is 5.97 Å². The molecule has 126 valence electrons. The van der Waals surface area contributed by atoms with Crippen molar-refractivity contribution in [3.05, 3.63) is 53.2 Å². The number of carbonyl (C=O) groups excluding carboxylic acids is 1. The maximum absolute atomic E-state index is 11.9. The van der Waals surface area contributed by atoms with Gasteiger partial charge in [0.05, 0.1) is 28.9 Å². The lowest BCUT2D eigenvalue weighted by Gasteiger charge is -2.20. The van der Waals surface area contributed by atoms with E-state index in [0.29, 0.717) is 12.0 Å². The van der Waals surface area contributed by atoms with Crippen molar-refractivity contribution in [2.75, 3.05) is 7.11 Å². The number of thiophene rings is 1. The summed E-state index contributed by atoms with van der Waals surface area (Å²) in [5, 5.41) is 10.1. The maximum atomic E-state index is 11.9. The van der Waals surface area contributed by atoms with E-state index in [0.717, 1.165) is 26.1 Å². The van der Waals surface area contributed by atoms with Gasteiger partial charge in [-0.1, -0.05) is 12.1 Å². The number of carbonyl (C=O) groups is 1. The van der Waals surface area contributed by atoms with Crippen molar-refractivity contribution >= 4 is 27.4 Å². The summed E-state index contributed by atoms with van der Waals surface area (Å²) in [6.45, 7) is 3.78. The van der Waals surface area contributed by atoms with Gasteiger partial charge in [-0.3, -0.25) is 9.78 Å². The zero-order valence-electron chi connectivity index (χ0n) is 14.4. The molecule has 0 N–H and O–H groups in total. The Bertz CT molecular complexity index is 966. The van der Waals surface area contributed by atoms with Gasteiger partial charge in [0.1, 0.15) is 0 Å². The Kier molecular flexibility index (Phi) is 4.56. The summed E-state index contributed by atoms with van der Waals surface area (Å²) in [5.74, 6) is -0.213. The number of nitrogens with zero attached hydrogens (tertiary/aromatic N) is 2. The Balaban J connectivity index is 2.01. The second-order valence-corrected chi connectivity index (χ2v) is 7.72. The van der Waals surface area contributed by atoms with E-state index in [-0.39, 0.29) is 5.97 Å². The van der Waals surface area contributed by atoms with Gasteiger partial charge in [0.15, 0.2) is 0 Å². The lowest BCUT2D eigenvalue weighted by atomic mass is 9.88. The van der Waals surface area contributed by atoms with Crippen LogP contribution >= 0.6 is 11.3 Å². The molecule has 5 heteroatoms. The summed E-state index contributed by atoms with van der Waals surface area (Å²) in [4.78, 5) is 17.4. The Morgan fingerprint density at radius 2 is 2.00 bits per heavy atom. The van der Waals surface area contributed by atoms with Gasteiger partial charge in [-0.05, 0) is 44.0 Å². The number of fused-ring (bicyclic) bond motifs is 1. The van der Waals surface area contributed by atoms with E-state index >= 15 is 0 Å². The predicted molar refractivity (Wildman–Crippen MR) is 99.3 cm³/mol. The molecule has 0 amide bonds. The Labute approximate surface area is 150 Å². The topological polar surface area (TPSA) is 63.0 Å². The van der Waals surface area contributed by atoms with E-state index in [1.54, 1.807) is 11.3 Å². The van der Waals surface area contributed by atoms with Crippen LogP contribution in [0.15, 0.2) is 42.7 Å². The number of aromatic nitrogens is 1. The van der Waals surface area contributed by atoms with Crippen molar-refractivity contribution in [1.82, 2.24) is 4.98 Å². The van der Waals surface area contributed by atoms with Gasteiger partial charge in [-0.15, -0.1) is 11.3 Å². The number of nitriles is 1. The zero-order valence-corrected chi connectivity index (χ0v) is 15.2. The van der Waals surface area contributed by atoms with Crippen molar-refractivity contribution in [1.29, 1.82) is 5.26 Å². The summed E-state index contributed by atoms with van der Waals surface area (Å²) < 4.78 is 5.98. The minimum Gasteiger partial charge on any atom is -0.469 e. The average Bonchev–Trinajstić information content (AvgIpc) is 3.02. The number of hydrogen-bond acceptors (Lipinski definition) is 5. The first-order chi connectivity index (χ1) is 11.9. The molecule has 0 aliphatic heterocycles. The fourth-order valence-corrected chi connectivity index (χ4v) is 4.12. The van der Waals surface area contributed by atoms with E-state index in [1.807, 2.05) is 50.5 Å². The lowest BCUT2D eigenvalue weighted by molar-refractivity contribution is -0.150. The summed E-state index contributed by atoms with van der Waals surface area (Å²) in [6, 6.07) is 11.7. The third-order valence-corrected chi connectivity index (χ3v) is 5.25. The molecule has 1 aromatic carbocycles. The van der Waals surface area contributed by atoms with Crippen LogP contribution in [0.3, 0.4) is 0 Å². The molecule has 0 saturated carbocycles. The summed E-state index contributed by atoms with van der Waals surface area (Å²) in [5.41, 5.74) is 2.11. The second kappa shape index (κ2) is 6.66. The SMILES string of the molecule is COC(=O)C(C)(C)Cc1cc2c(-c3ccc(C#N)cc3)cncc2s1. The van der Waals surface area contributed by atoms with Crippen molar-refractivity contribution < 1.29 is 9.53 Å². The molecule has 2 aromatic heterocycles. The van der Waals surface area contributed by atoms with Crippen molar-refractivity contribution in [2.24, 2.45) is 5.41 Å². The number of methoxy groups -OCH3 is 1. The minimum absolute atomic E-state index is 0.213. The molecule has 0 bridgehead atoms. The lowest BCUT2D eigenvalue weighted by Crippen LogP contribution is -2.27. The maximum Gasteiger partial charge on any atom is 0.311 e. The van der Waals surface area contributed by atoms with Crippen LogP contribution in [0.4, 0.5) is 0 Å². The number of esters is 1. The first-order valence-electron chi connectivity index (χ1n) is 7.90. The monoisotopic (exact) mass is 350 g/mol. The van der Waals surface area contributed by atoms with Crippen LogP contribution < -0.4 is 0 Å². The van der Waals surface area contributed by atoms with E-state index in [1.165, 1.54) is 7.11 Å². The van der Waals surface area contributed by atoms with E-state index < -0.39 is 5.41 Å². The Morgan fingerprint density at radius 3 is 2.64 bits per heavy atom. The van der Waals surface area contributed by atoms with Crippen LogP contribution in [0.25, 0.3) is 21.2 Å². The molecule has 0 radical (unpaired) electrons. The highest BCUT2D eigenvalue weighted by Crippen LogP contribution is 2.36. The molecule has 0 fully saturated rings. The van der Waals surface area contributed by atoms with Gasteiger partial charge in [0, 0.05) is 28.2 Å². The van der Waals surface area contributed by atoms with Gasteiger partial charge in [0.2, 0.25) is 0 Å². The third-order valence-electron chi connectivity index (χ3n) is 4.18. The van der Waals surface area contributed by atoms with Crippen LogP contribution in [0.2, 0.25) is 0 Å². The first kappa shape index (κ1) is 17.1. The number of pyridine rings is 1. The molecule has 3 aromatic rings. The Morgan fingerprint density at radius 1 is 1.28 bits per heavy atom.